The molecule has 2 rings (SSSR count). The van der Waals surface area contributed by atoms with Gasteiger partial charge >= 0.3 is 0 Å². The second kappa shape index (κ2) is 12.6. The highest BCUT2D eigenvalue weighted by atomic mass is 16.5. The summed E-state index contributed by atoms with van der Waals surface area (Å²) in [5, 5.41) is 2.63. The van der Waals surface area contributed by atoms with Crippen molar-refractivity contribution in [2.24, 2.45) is 0 Å². The fourth-order valence-corrected chi connectivity index (χ4v) is 3.37. The van der Waals surface area contributed by atoms with Crippen LogP contribution in [0, 0.1) is 0 Å². The Kier molecular flexibility index (Phi) is 9.85. The van der Waals surface area contributed by atoms with E-state index in [1.807, 2.05) is 56.3 Å². The van der Waals surface area contributed by atoms with Gasteiger partial charge in [0, 0.05) is 20.0 Å². The zero-order valence-corrected chi connectivity index (χ0v) is 19.6. The van der Waals surface area contributed by atoms with Gasteiger partial charge in [0.2, 0.25) is 11.8 Å². The zero-order valence-electron chi connectivity index (χ0n) is 19.6. The normalized spacial score (nSPS) is 11.4. The molecule has 2 aromatic carbocycles. The summed E-state index contributed by atoms with van der Waals surface area (Å²) < 4.78 is 16.5. The molecule has 0 aliphatic rings. The van der Waals surface area contributed by atoms with Crippen LogP contribution in [-0.4, -0.2) is 50.1 Å². The Morgan fingerprint density at radius 1 is 0.969 bits per heavy atom. The molecular weight excluding hydrogens is 408 g/mol. The Hall–Kier alpha value is -3.22. The van der Waals surface area contributed by atoms with Crippen molar-refractivity contribution in [2.75, 3.05) is 27.4 Å². The number of rotatable bonds is 12. The van der Waals surface area contributed by atoms with Crippen LogP contribution in [0.25, 0.3) is 0 Å². The van der Waals surface area contributed by atoms with Gasteiger partial charge in [-0.25, -0.2) is 0 Å². The first-order valence-electron chi connectivity index (χ1n) is 11.0. The van der Waals surface area contributed by atoms with E-state index in [-0.39, 0.29) is 18.2 Å². The molecule has 7 heteroatoms. The lowest BCUT2D eigenvalue weighted by Gasteiger charge is -2.28. The Morgan fingerprint density at radius 3 is 2.19 bits per heavy atom. The maximum atomic E-state index is 13.2. The molecule has 2 amide bonds. The van der Waals surface area contributed by atoms with Crippen LogP contribution in [0.1, 0.15) is 38.3 Å². The minimum atomic E-state index is -0.589. The molecule has 1 atom stereocenters. The van der Waals surface area contributed by atoms with Crippen molar-refractivity contribution in [3.05, 3.63) is 53.6 Å². The summed E-state index contributed by atoms with van der Waals surface area (Å²) in [5.74, 6) is 1.81. The van der Waals surface area contributed by atoms with Gasteiger partial charge in [-0.05, 0) is 62.6 Å². The Labute approximate surface area is 190 Å². The highest BCUT2D eigenvalue weighted by molar-refractivity contribution is 5.87. The number of carbonyl (C=O) groups is 2. The van der Waals surface area contributed by atoms with Crippen molar-refractivity contribution < 1.29 is 23.8 Å². The van der Waals surface area contributed by atoms with Crippen molar-refractivity contribution in [1.82, 2.24) is 10.2 Å². The predicted octanol–water partition coefficient (Wildman–Crippen LogP) is 3.59. The lowest BCUT2D eigenvalue weighted by molar-refractivity contribution is -0.140. The van der Waals surface area contributed by atoms with Crippen LogP contribution in [0.15, 0.2) is 42.5 Å². The number of hydrogen-bond acceptors (Lipinski definition) is 5. The van der Waals surface area contributed by atoms with E-state index >= 15 is 0 Å². The molecule has 0 spiro atoms. The topological polar surface area (TPSA) is 77.1 Å². The Morgan fingerprint density at radius 2 is 1.59 bits per heavy atom. The molecule has 7 nitrogen and oxygen atoms in total. The molecule has 0 heterocycles. The molecule has 0 aliphatic carbocycles. The first-order valence-corrected chi connectivity index (χ1v) is 11.0. The number of amides is 2. The molecule has 174 valence electrons. The van der Waals surface area contributed by atoms with Gasteiger partial charge in [0.15, 0.2) is 11.5 Å². The molecule has 0 bridgehead atoms. The molecule has 32 heavy (non-hydrogen) atoms. The molecule has 0 saturated heterocycles. The van der Waals surface area contributed by atoms with Gasteiger partial charge in [-0.2, -0.15) is 0 Å². The van der Waals surface area contributed by atoms with Gasteiger partial charge in [-0.1, -0.05) is 18.2 Å². The number of hydrogen-bond donors (Lipinski definition) is 1. The van der Waals surface area contributed by atoms with E-state index in [4.69, 9.17) is 14.2 Å². The minimum Gasteiger partial charge on any atom is -0.497 e. The summed E-state index contributed by atoms with van der Waals surface area (Å²) in [6.07, 6.45) is 0.807. The molecule has 2 aromatic rings. The van der Waals surface area contributed by atoms with Gasteiger partial charge in [0.1, 0.15) is 11.8 Å². The van der Waals surface area contributed by atoms with Gasteiger partial charge in [0.05, 0.1) is 20.3 Å². The van der Waals surface area contributed by atoms with Gasteiger partial charge in [0.25, 0.3) is 0 Å². The van der Waals surface area contributed by atoms with Gasteiger partial charge in [-0.3, -0.25) is 9.59 Å². The van der Waals surface area contributed by atoms with Crippen LogP contribution in [0.2, 0.25) is 0 Å². The van der Waals surface area contributed by atoms with E-state index in [1.165, 1.54) is 0 Å². The third kappa shape index (κ3) is 6.90. The standard InChI is InChI=1S/C25H34N2O5/c1-6-31-22-14-10-19(16-23(22)32-7-2)11-15-24(28)27(18(3)25(29)26-4)17-20-8-12-21(30-5)13-9-20/h8-10,12-14,16,18H,6-7,11,15,17H2,1-5H3,(H,26,29). The number of nitrogens with one attached hydrogen (secondary N) is 1. The van der Waals surface area contributed by atoms with Gasteiger partial charge in [-0.15, -0.1) is 0 Å². The van der Waals surface area contributed by atoms with Crippen molar-refractivity contribution in [3.63, 3.8) is 0 Å². The van der Waals surface area contributed by atoms with E-state index < -0.39 is 6.04 Å². The zero-order chi connectivity index (χ0) is 23.5. The Balaban J connectivity index is 2.14. The van der Waals surface area contributed by atoms with Crippen LogP contribution in [0.3, 0.4) is 0 Å². The van der Waals surface area contributed by atoms with E-state index in [9.17, 15) is 9.59 Å². The average Bonchev–Trinajstić information content (AvgIpc) is 2.82. The summed E-state index contributed by atoms with van der Waals surface area (Å²) in [4.78, 5) is 27.0. The maximum Gasteiger partial charge on any atom is 0.242 e. The third-order valence-corrected chi connectivity index (χ3v) is 5.16. The Bertz CT molecular complexity index is 882. The summed E-state index contributed by atoms with van der Waals surface area (Å²) in [5.41, 5.74) is 1.90. The lowest BCUT2D eigenvalue weighted by atomic mass is 10.1. The molecule has 0 aliphatic heterocycles. The van der Waals surface area contributed by atoms with Crippen LogP contribution in [0.4, 0.5) is 0 Å². The molecule has 0 fully saturated rings. The molecular formula is C25H34N2O5. The first-order chi connectivity index (χ1) is 15.4. The molecule has 0 radical (unpaired) electrons. The minimum absolute atomic E-state index is 0.0937. The molecule has 1 N–H and O–H groups in total. The lowest BCUT2D eigenvalue weighted by Crippen LogP contribution is -2.46. The highest BCUT2D eigenvalue weighted by Gasteiger charge is 2.25. The van der Waals surface area contributed by atoms with Crippen LogP contribution >= 0.6 is 0 Å². The smallest absolute Gasteiger partial charge is 0.242 e. The number of ether oxygens (including phenoxy) is 3. The number of nitrogens with zero attached hydrogens (tertiary/aromatic N) is 1. The summed E-state index contributed by atoms with van der Waals surface area (Å²) in [6, 6.07) is 12.6. The summed E-state index contributed by atoms with van der Waals surface area (Å²) in [7, 11) is 3.18. The SMILES string of the molecule is CCOc1ccc(CCC(=O)N(Cc2ccc(OC)cc2)C(C)C(=O)NC)cc1OCC. The first kappa shape index (κ1) is 25.0. The maximum absolute atomic E-state index is 13.2. The van der Waals surface area contributed by atoms with E-state index in [1.54, 1.807) is 26.0 Å². The largest absolute Gasteiger partial charge is 0.497 e. The summed E-state index contributed by atoms with van der Waals surface area (Å²) >= 11 is 0. The van der Waals surface area contributed by atoms with E-state index in [0.717, 1.165) is 16.9 Å². The predicted molar refractivity (Wildman–Crippen MR) is 124 cm³/mol. The van der Waals surface area contributed by atoms with E-state index in [2.05, 4.69) is 5.32 Å². The highest BCUT2D eigenvalue weighted by Crippen LogP contribution is 2.29. The van der Waals surface area contributed by atoms with Crippen molar-refractivity contribution in [3.8, 4) is 17.2 Å². The molecule has 0 saturated carbocycles. The number of carbonyl (C=O) groups excluding carboxylic acids is 2. The number of methoxy groups -OCH3 is 1. The molecule has 0 aromatic heterocycles. The number of benzene rings is 2. The van der Waals surface area contributed by atoms with Gasteiger partial charge < -0.3 is 24.4 Å². The van der Waals surface area contributed by atoms with Crippen LogP contribution < -0.4 is 19.5 Å². The second-order valence-corrected chi connectivity index (χ2v) is 7.31. The monoisotopic (exact) mass is 442 g/mol. The van der Waals surface area contributed by atoms with Crippen molar-refractivity contribution in [1.29, 1.82) is 0 Å². The van der Waals surface area contributed by atoms with E-state index in [0.29, 0.717) is 37.7 Å². The quantitative estimate of drug-likeness (QED) is 0.544. The fraction of sp³-hybridized carbons (Fsp3) is 0.440. The van der Waals surface area contributed by atoms with Crippen LogP contribution in [0.5, 0.6) is 17.2 Å². The fourth-order valence-electron chi connectivity index (χ4n) is 3.37. The third-order valence-electron chi connectivity index (χ3n) is 5.16. The summed E-state index contributed by atoms with van der Waals surface area (Å²) in [6.45, 7) is 7.00. The van der Waals surface area contributed by atoms with Crippen molar-refractivity contribution >= 4 is 11.8 Å². The van der Waals surface area contributed by atoms with Crippen LogP contribution in [-0.2, 0) is 22.6 Å². The number of aryl methyl sites for hydroxylation is 1. The second-order valence-electron chi connectivity index (χ2n) is 7.31. The van der Waals surface area contributed by atoms with Crippen molar-refractivity contribution in [2.45, 2.75) is 46.2 Å². The molecule has 1 unspecified atom stereocenters. The average molecular weight is 443 g/mol. The number of likely N-dealkylation sites (N-methyl/N-ethyl adjacent to an activating group) is 1.